The molecule has 0 bridgehead atoms. The SMILES string of the molecule is C[C@H](CC=O)C1=CC[C@H]2C3=CC=C4CCCC(O[Si](C)(C)C(C)(C)C)[C@]4(C)[C@H]3CC[C@]12C. The number of fused-ring (bicyclic) bond motifs is 5. The third-order valence-electron chi connectivity index (χ3n) is 10.5. The molecule has 0 spiro atoms. The van der Waals surface area contributed by atoms with Crippen molar-refractivity contribution in [3.63, 3.8) is 0 Å². The molecule has 2 fully saturated rings. The second kappa shape index (κ2) is 8.08. The molecule has 4 aliphatic carbocycles. The van der Waals surface area contributed by atoms with Crippen molar-refractivity contribution in [1.29, 1.82) is 0 Å². The summed E-state index contributed by atoms with van der Waals surface area (Å²) in [5.74, 6) is 1.56. The van der Waals surface area contributed by atoms with Crippen LogP contribution >= 0.6 is 0 Å². The average molecular weight is 455 g/mol. The van der Waals surface area contributed by atoms with Crippen LogP contribution < -0.4 is 0 Å². The molecule has 0 amide bonds. The highest BCUT2D eigenvalue weighted by atomic mass is 28.4. The Morgan fingerprint density at radius 2 is 1.91 bits per heavy atom. The largest absolute Gasteiger partial charge is 0.413 e. The van der Waals surface area contributed by atoms with Gasteiger partial charge >= 0.3 is 0 Å². The van der Waals surface area contributed by atoms with Crippen molar-refractivity contribution in [3.05, 3.63) is 34.9 Å². The Hall–Kier alpha value is -0.933. The Morgan fingerprint density at radius 3 is 2.56 bits per heavy atom. The highest BCUT2D eigenvalue weighted by Gasteiger charge is 2.57. The van der Waals surface area contributed by atoms with Crippen LogP contribution in [-0.4, -0.2) is 20.7 Å². The monoisotopic (exact) mass is 454 g/mol. The quantitative estimate of drug-likeness (QED) is 0.239. The van der Waals surface area contributed by atoms with Crippen molar-refractivity contribution in [3.8, 4) is 0 Å². The second-order valence-electron chi connectivity index (χ2n) is 13.2. The zero-order valence-corrected chi connectivity index (χ0v) is 22.9. The minimum Gasteiger partial charge on any atom is -0.413 e. The van der Waals surface area contributed by atoms with E-state index in [-0.39, 0.29) is 15.9 Å². The highest BCUT2D eigenvalue weighted by Crippen LogP contribution is 2.65. The topological polar surface area (TPSA) is 26.3 Å². The summed E-state index contributed by atoms with van der Waals surface area (Å²) in [6.07, 6.45) is 16.9. The zero-order chi connectivity index (χ0) is 23.5. The molecule has 2 saturated carbocycles. The van der Waals surface area contributed by atoms with E-state index in [0.717, 1.165) is 12.7 Å². The molecule has 4 aliphatic rings. The first-order valence-electron chi connectivity index (χ1n) is 13.1. The Morgan fingerprint density at radius 1 is 1.19 bits per heavy atom. The first-order valence-corrected chi connectivity index (χ1v) is 16.0. The van der Waals surface area contributed by atoms with Crippen molar-refractivity contribution < 1.29 is 9.22 Å². The van der Waals surface area contributed by atoms with Gasteiger partial charge in [0.2, 0.25) is 0 Å². The molecule has 0 aliphatic heterocycles. The predicted molar refractivity (Wildman–Crippen MR) is 137 cm³/mol. The zero-order valence-electron chi connectivity index (χ0n) is 21.9. The van der Waals surface area contributed by atoms with E-state index < -0.39 is 8.32 Å². The Labute approximate surface area is 198 Å². The summed E-state index contributed by atoms with van der Waals surface area (Å²) in [4.78, 5) is 11.2. The van der Waals surface area contributed by atoms with Gasteiger partial charge in [0.25, 0.3) is 0 Å². The third-order valence-corrected chi connectivity index (χ3v) is 14.9. The first-order chi connectivity index (χ1) is 14.9. The van der Waals surface area contributed by atoms with Crippen LogP contribution in [0.5, 0.6) is 0 Å². The van der Waals surface area contributed by atoms with E-state index in [0.29, 0.717) is 30.3 Å². The molecule has 0 aromatic heterocycles. The minimum atomic E-state index is -1.84. The van der Waals surface area contributed by atoms with Gasteiger partial charge in [-0.25, -0.2) is 0 Å². The molecular formula is C29H46O2Si. The minimum absolute atomic E-state index is 0.135. The standard InChI is InChI=1S/C29H46O2Si/c1-20(17-19-30)23-14-15-24-22-13-12-21-10-9-11-26(31-32(7,8)27(2,3)4)29(21,6)25(22)16-18-28(23,24)5/h12-14,19-20,24-26H,9-11,15-18H2,1-8H3/t20-,24+,25+,26?,28-,29+/m1/s1. The Kier molecular flexibility index (Phi) is 6.11. The van der Waals surface area contributed by atoms with E-state index in [4.69, 9.17) is 4.43 Å². The number of carbonyl (C=O) groups excluding carboxylic acids is 1. The molecule has 0 radical (unpaired) electrons. The summed E-state index contributed by atoms with van der Waals surface area (Å²) in [6, 6.07) is 0. The van der Waals surface area contributed by atoms with Crippen LogP contribution in [-0.2, 0) is 9.22 Å². The number of aldehydes is 1. The lowest BCUT2D eigenvalue weighted by Crippen LogP contribution is -2.55. The fraction of sp³-hybridized carbons (Fsp3) is 0.759. The molecule has 0 saturated heterocycles. The van der Waals surface area contributed by atoms with Crippen LogP contribution in [0.3, 0.4) is 0 Å². The lowest BCUT2D eigenvalue weighted by Gasteiger charge is -2.58. The fourth-order valence-electron chi connectivity index (χ4n) is 7.40. The second-order valence-corrected chi connectivity index (χ2v) is 17.9. The molecule has 178 valence electrons. The first kappa shape index (κ1) is 24.2. The molecular weight excluding hydrogens is 408 g/mol. The van der Waals surface area contributed by atoms with Gasteiger partial charge in [0.05, 0.1) is 6.10 Å². The van der Waals surface area contributed by atoms with Crippen molar-refractivity contribution >= 4 is 14.6 Å². The maximum absolute atomic E-state index is 11.2. The molecule has 1 unspecified atom stereocenters. The molecule has 0 aromatic rings. The summed E-state index contributed by atoms with van der Waals surface area (Å²) in [5.41, 5.74) is 5.23. The van der Waals surface area contributed by atoms with Crippen LogP contribution in [0, 0.1) is 28.6 Å². The third kappa shape index (κ3) is 3.57. The van der Waals surface area contributed by atoms with E-state index in [2.05, 4.69) is 72.9 Å². The van der Waals surface area contributed by atoms with Crippen LogP contribution in [0.25, 0.3) is 0 Å². The van der Waals surface area contributed by atoms with Crippen LogP contribution in [0.4, 0.5) is 0 Å². The van der Waals surface area contributed by atoms with Crippen LogP contribution in [0.15, 0.2) is 34.9 Å². The van der Waals surface area contributed by atoms with E-state index in [1.807, 2.05) is 0 Å². The summed E-state index contributed by atoms with van der Waals surface area (Å²) < 4.78 is 7.21. The van der Waals surface area contributed by atoms with Gasteiger partial charge in [-0.15, -0.1) is 0 Å². The van der Waals surface area contributed by atoms with E-state index in [9.17, 15) is 4.79 Å². The molecule has 0 aromatic carbocycles. The average Bonchev–Trinajstić information content (AvgIpc) is 3.05. The Balaban J connectivity index is 1.66. The number of allylic oxidation sites excluding steroid dienone is 5. The summed E-state index contributed by atoms with van der Waals surface area (Å²) >= 11 is 0. The number of hydrogen-bond donors (Lipinski definition) is 0. The van der Waals surface area contributed by atoms with Gasteiger partial charge in [-0.1, -0.05) is 76.5 Å². The van der Waals surface area contributed by atoms with E-state index in [1.54, 1.807) is 16.7 Å². The Bertz CT molecular complexity index is 857. The van der Waals surface area contributed by atoms with Crippen molar-refractivity contribution in [2.75, 3.05) is 0 Å². The summed E-state index contributed by atoms with van der Waals surface area (Å²) in [5, 5.41) is 0.238. The maximum Gasteiger partial charge on any atom is 0.192 e. The molecule has 0 heterocycles. The maximum atomic E-state index is 11.2. The lowest BCUT2D eigenvalue weighted by atomic mass is 9.49. The van der Waals surface area contributed by atoms with Gasteiger partial charge in [-0.05, 0) is 79.8 Å². The van der Waals surface area contributed by atoms with Gasteiger partial charge in [-0.3, -0.25) is 0 Å². The molecule has 4 rings (SSSR count). The van der Waals surface area contributed by atoms with Gasteiger partial charge in [0.1, 0.15) is 6.29 Å². The van der Waals surface area contributed by atoms with Crippen molar-refractivity contribution in [2.45, 2.75) is 111 Å². The summed E-state index contributed by atoms with van der Waals surface area (Å²) in [6.45, 7) is 19.2. The molecule has 3 heteroatoms. The highest BCUT2D eigenvalue weighted by molar-refractivity contribution is 6.74. The number of carbonyl (C=O) groups is 1. The summed E-state index contributed by atoms with van der Waals surface area (Å²) in [7, 11) is -1.84. The predicted octanol–water partition coefficient (Wildman–Crippen LogP) is 8.02. The molecule has 32 heavy (non-hydrogen) atoms. The van der Waals surface area contributed by atoms with E-state index >= 15 is 0 Å². The van der Waals surface area contributed by atoms with Crippen LogP contribution in [0.2, 0.25) is 18.1 Å². The van der Waals surface area contributed by atoms with Gasteiger partial charge < -0.3 is 9.22 Å². The van der Waals surface area contributed by atoms with Crippen molar-refractivity contribution in [2.24, 2.45) is 28.6 Å². The lowest BCUT2D eigenvalue weighted by molar-refractivity contribution is -0.108. The normalized spacial score (nSPS) is 38.0. The fourth-order valence-corrected chi connectivity index (χ4v) is 8.83. The van der Waals surface area contributed by atoms with Crippen molar-refractivity contribution in [1.82, 2.24) is 0 Å². The molecule has 0 N–H and O–H groups in total. The van der Waals surface area contributed by atoms with Gasteiger partial charge in [-0.2, -0.15) is 0 Å². The number of hydrogen-bond acceptors (Lipinski definition) is 2. The smallest absolute Gasteiger partial charge is 0.192 e. The molecule has 6 atom stereocenters. The molecule has 2 nitrogen and oxygen atoms in total. The van der Waals surface area contributed by atoms with Gasteiger partial charge in [0.15, 0.2) is 8.32 Å². The van der Waals surface area contributed by atoms with E-state index in [1.165, 1.54) is 32.1 Å². The number of rotatable bonds is 5. The van der Waals surface area contributed by atoms with Gasteiger partial charge in [0, 0.05) is 11.8 Å². The van der Waals surface area contributed by atoms with Crippen LogP contribution in [0.1, 0.15) is 86.5 Å².